The lowest BCUT2D eigenvalue weighted by atomic mass is 9.92. The highest BCUT2D eigenvalue weighted by atomic mass is 16.4. The van der Waals surface area contributed by atoms with Crippen LogP contribution in [0.15, 0.2) is 30.3 Å². The van der Waals surface area contributed by atoms with Crippen LogP contribution >= 0.6 is 0 Å². The second-order valence-electron chi connectivity index (χ2n) is 6.38. The molecule has 0 radical (unpaired) electrons. The molecule has 6 nitrogen and oxygen atoms in total. The van der Waals surface area contributed by atoms with Crippen molar-refractivity contribution in [1.82, 2.24) is 10.2 Å². The molecule has 1 aromatic carbocycles. The van der Waals surface area contributed by atoms with Gasteiger partial charge in [0.2, 0.25) is 11.8 Å². The molecule has 2 N–H and O–H groups in total. The molecule has 24 heavy (non-hydrogen) atoms. The van der Waals surface area contributed by atoms with Gasteiger partial charge in [-0.15, -0.1) is 0 Å². The Morgan fingerprint density at radius 1 is 1.25 bits per heavy atom. The number of carboxylic acids is 1. The number of amides is 2. The summed E-state index contributed by atoms with van der Waals surface area (Å²) in [5.41, 5.74) is 0.862. The summed E-state index contributed by atoms with van der Waals surface area (Å²) in [4.78, 5) is 37.1. The summed E-state index contributed by atoms with van der Waals surface area (Å²) in [7, 11) is 0. The molecule has 1 aromatic rings. The standard InChI is InChI=1S/C18H24N2O4/c1-12-8-9-15(18(23)24)11-20(12)17(22)10-16(19-13(2)21)14-6-4-3-5-7-14/h3-7,12,15-16H,8-11H2,1-2H3,(H,19,21)(H,23,24). The summed E-state index contributed by atoms with van der Waals surface area (Å²) >= 11 is 0. The average Bonchev–Trinajstić information content (AvgIpc) is 2.54. The predicted molar refractivity (Wildman–Crippen MR) is 89.2 cm³/mol. The van der Waals surface area contributed by atoms with Crippen molar-refractivity contribution < 1.29 is 19.5 Å². The Morgan fingerprint density at radius 2 is 1.92 bits per heavy atom. The number of carbonyl (C=O) groups excluding carboxylic acids is 2. The van der Waals surface area contributed by atoms with E-state index in [0.29, 0.717) is 12.8 Å². The van der Waals surface area contributed by atoms with Crippen molar-refractivity contribution in [3.8, 4) is 0 Å². The molecule has 2 rings (SSSR count). The van der Waals surface area contributed by atoms with Gasteiger partial charge in [-0.1, -0.05) is 30.3 Å². The van der Waals surface area contributed by atoms with Crippen LogP contribution in [0.4, 0.5) is 0 Å². The maximum Gasteiger partial charge on any atom is 0.308 e. The van der Waals surface area contributed by atoms with E-state index in [-0.39, 0.29) is 30.8 Å². The number of nitrogens with zero attached hydrogens (tertiary/aromatic N) is 1. The lowest BCUT2D eigenvalue weighted by Crippen LogP contribution is -2.48. The fraction of sp³-hybridized carbons (Fsp3) is 0.500. The van der Waals surface area contributed by atoms with Gasteiger partial charge in [-0.25, -0.2) is 0 Å². The van der Waals surface area contributed by atoms with Crippen LogP contribution in [0, 0.1) is 5.92 Å². The minimum Gasteiger partial charge on any atom is -0.481 e. The Hall–Kier alpha value is -2.37. The molecular weight excluding hydrogens is 308 g/mol. The van der Waals surface area contributed by atoms with E-state index in [1.54, 1.807) is 4.90 Å². The van der Waals surface area contributed by atoms with Gasteiger partial charge in [0, 0.05) is 19.5 Å². The maximum atomic E-state index is 12.7. The van der Waals surface area contributed by atoms with Gasteiger partial charge in [0.15, 0.2) is 0 Å². The number of carboxylic acid groups (broad SMARTS) is 1. The third-order valence-electron chi connectivity index (χ3n) is 4.51. The summed E-state index contributed by atoms with van der Waals surface area (Å²) in [5.74, 6) is -1.70. The van der Waals surface area contributed by atoms with E-state index in [0.717, 1.165) is 5.56 Å². The molecule has 3 atom stereocenters. The number of rotatable bonds is 5. The number of nitrogens with one attached hydrogen (secondary N) is 1. The first-order chi connectivity index (χ1) is 11.4. The number of hydrogen-bond donors (Lipinski definition) is 2. The van der Waals surface area contributed by atoms with Gasteiger partial charge in [0.25, 0.3) is 0 Å². The van der Waals surface area contributed by atoms with Crippen molar-refractivity contribution in [2.24, 2.45) is 5.92 Å². The molecular formula is C18H24N2O4. The molecule has 1 saturated heterocycles. The highest BCUT2D eigenvalue weighted by Gasteiger charge is 2.33. The lowest BCUT2D eigenvalue weighted by Gasteiger charge is -2.37. The zero-order valence-corrected chi connectivity index (χ0v) is 14.1. The Balaban J connectivity index is 2.11. The predicted octanol–water partition coefficient (Wildman–Crippen LogP) is 1.97. The fourth-order valence-corrected chi connectivity index (χ4v) is 3.13. The smallest absolute Gasteiger partial charge is 0.308 e. The number of benzene rings is 1. The van der Waals surface area contributed by atoms with Crippen LogP contribution in [0.5, 0.6) is 0 Å². The van der Waals surface area contributed by atoms with Gasteiger partial charge >= 0.3 is 5.97 Å². The summed E-state index contributed by atoms with van der Waals surface area (Å²) < 4.78 is 0. The van der Waals surface area contributed by atoms with Crippen molar-refractivity contribution in [3.05, 3.63) is 35.9 Å². The first kappa shape index (κ1) is 18.0. The number of hydrogen-bond acceptors (Lipinski definition) is 3. The highest BCUT2D eigenvalue weighted by Crippen LogP contribution is 2.25. The minimum atomic E-state index is -0.860. The van der Waals surface area contributed by atoms with E-state index in [1.165, 1.54) is 6.92 Å². The molecule has 1 heterocycles. The lowest BCUT2D eigenvalue weighted by molar-refractivity contribution is -0.147. The third-order valence-corrected chi connectivity index (χ3v) is 4.51. The fourth-order valence-electron chi connectivity index (χ4n) is 3.13. The van der Waals surface area contributed by atoms with Crippen molar-refractivity contribution in [3.63, 3.8) is 0 Å². The van der Waals surface area contributed by atoms with E-state index >= 15 is 0 Å². The van der Waals surface area contributed by atoms with Crippen LogP contribution in [-0.2, 0) is 14.4 Å². The Labute approximate surface area is 141 Å². The summed E-state index contributed by atoms with van der Waals surface area (Å²) in [6.07, 6.45) is 1.40. The molecule has 6 heteroatoms. The zero-order chi connectivity index (χ0) is 17.7. The first-order valence-electron chi connectivity index (χ1n) is 8.22. The minimum absolute atomic E-state index is 0.0156. The second-order valence-corrected chi connectivity index (χ2v) is 6.38. The summed E-state index contributed by atoms with van der Waals surface area (Å²) in [6.45, 7) is 3.59. The number of aliphatic carboxylic acids is 1. The van der Waals surface area contributed by atoms with Gasteiger partial charge in [-0.2, -0.15) is 0 Å². The Kier molecular flexibility index (Phi) is 5.95. The molecule has 1 aliphatic rings. The summed E-state index contributed by atoms with van der Waals surface area (Å²) in [6, 6.07) is 8.94. The van der Waals surface area contributed by atoms with Crippen molar-refractivity contribution in [2.75, 3.05) is 6.54 Å². The van der Waals surface area contributed by atoms with E-state index in [2.05, 4.69) is 5.32 Å². The van der Waals surface area contributed by atoms with Crippen molar-refractivity contribution in [1.29, 1.82) is 0 Å². The molecule has 0 aromatic heterocycles. The molecule has 3 unspecified atom stereocenters. The molecule has 1 aliphatic heterocycles. The van der Waals surface area contributed by atoms with Gasteiger partial charge < -0.3 is 15.3 Å². The van der Waals surface area contributed by atoms with Gasteiger partial charge in [0.1, 0.15) is 0 Å². The molecule has 0 spiro atoms. The third kappa shape index (κ3) is 4.57. The van der Waals surface area contributed by atoms with Crippen LogP contribution in [0.3, 0.4) is 0 Å². The van der Waals surface area contributed by atoms with Crippen molar-refractivity contribution in [2.45, 2.75) is 45.2 Å². The molecule has 0 saturated carbocycles. The van der Waals surface area contributed by atoms with Crippen LogP contribution in [0.1, 0.15) is 44.7 Å². The largest absolute Gasteiger partial charge is 0.481 e. The van der Waals surface area contributed by atoms with Crippen LogP contribution in [0.2, 0.25) is 0 Å². The zero-order valence-electron chi connectivity index (χ0n) is 14.1. The second kappa shape index (κ2) is 7.95. The number of likely N-dealkylation sites (tertiary alicyclic amines) is 1. The molecule has 1 fully saturated rings. The SMILES string of the molecule is CC(=O)NC(CC(=O)N1CC(C(=O)O)CCC1C)c1ccccc1. The van der Waals surface area contributed by atoms with E-state index in [1.807, 2.05) is 37.3 Å². The monoisotopic (exact) mass is 332 g/mol. The number of carbonyl (C=O) groups is 3. The van der Waals surface area contributed by atoms with Crippen LogP contribution < -0.4 is 5.32 Å². The van der Waals surface area contributed by atoms with E-state index in [9.17, 15) is 19.5 Å². The Bertz CT molecular complexity index is 602. The van der Waals surface area contributed by atoms with Crippen LogP contribution in [0.25, 0.3) is 0 Å². The number of piperidine rings is 1. The van der Waals surface area contributed by atoms with Gasteiger partial charge in [-0.05, 0) is 25.3 Å². The quantitative estimate of drug-likeness (QED) is 0.863. The highest BCUT2D eigenvalue weighted by molar-refractivity contribution is 5.80. The molecule has 0 bridgehead atoms. The van der Waals surface area contributed by atoms with Crippen LogP contribution in [-0.4, -0.2) is 40.4 Å². The first-order valence-corrected chi connectivity index (χ1v) is 8.22. The average molecular weight is 332 g/mol. The van der Waals surface area contributed by atoms with Crippen molar-refractivity contribution >= 4 is 17.8 Å². The molecule has 130 valence electrons. The summed E-state index contributed by atoms with van der Waals surface area (Å²) in [5, 5.41) is 12.0. The maximum absolute atomic E-state index is 12.7. The molecule has 0 aliphatic carbocycles. The van der Waals surface area contributed by atoms with E-state index < -0.39 is 17.9 Å². The van der Waals surface area contributed by atoms with Gasteiger partial charge in [-0.3, -0.25) is 14.4 Å². The Morgan fingerprint density at radius 3 is 2.50 bits per heavy atom. The van der Waals surface area contributed by atoms with Gasteiger partial charge in [0.05, 0.1) is 18.4 Å². The molecule has 2 amide bonds. The van der Waals surface area contributed by atoms with E-state index in [4.69, 9.17) is 0 Å². The normalized spacial score (nSPS) is 21.8. The topological polar surface area (TPSA) is 86.7 Å².